The highest BCUT2D eigenvalue weighted by Gasteiger charge is 2.26. The van der Waals surface area contributed by atoms with Crippen LogP contribution in [0, 0.1) is 0 Å². The van der Waals surface area contributed by atoms with Crippen molar-refractivity contribution >= 4 is 35.0 Å². The first-order valence-corrected chi connectivity index (χ1v) is 5.12. The van der Waals surface area contributed by atoms with Crippen molar-refractivity contribution in [2.45, 2.75) is 6.04 Å². The minimum atomic E-state index is -1.31. The number of likely N-dealkylation sites (N-methyl/N-ethyl adjacent to an activating group) is 1. The van der Waals surface area contributed by atoms with Gasteiger partial charge in [-0.15, -0.1) is 0 Å². The van der Waals surface area contributed by atoms with E-state index in [1.54, 1.807) is 0 Å². The summed E-state index contributed by atoms with van der Waals surface area (Å²) >= 11 is 11.5. The third-order valence-electron chi connectivity index (χ3n) is 1.99. The van der Waals surface area contributed by atoms with Crippen molar-refractivity contribution in [1.29, 1.82) is 0 Å². The zero-order valence-corrected chi connectivity index (χ0v) is 9.84. The number of carbonyl (C=O) groups excluding carboxylic acids is 1. The summed E-state index contributed by atoms with van der Waals surface area (Å²) in [5, 5.41) is 11.7. The van der Waals surface area contributed by atoms with E-state index in [0.717, 1.165) is 0 Å². The Morgan fingerprint density at radius 1 is 1.38 bits per heavy atom. The lowest BCUT2D eigenvalue weighted by Gasteiger charge is -2.11. The van der Waals surface area contributed by atoms with Gasteiger partial charge in [-0.3, -0.25) is 9.59 Å². The molecular weight excluding hydrogens is 253 g/mol. The van der Waals surface area contributed by atoms with E-state index in [9.17, 15) is 9.59 Å². The normalized spacial score (nSPS) is 12.2. The van der Waals surface area contributed by atoms with Crippen LogP contribution in [0.1, 0.15) is 10.4 Å². The van der Waals surface area contributed by atoms with Crippen LogP contribution in [0.25, 0.3) is 0 Å². The number of aliphatic carboxylic acids is 1. The van der Waals surface area contributed by atoms with Crippen LogP contribution in [0.2, 0.25) is 10.0 Å². The van der Waals surface area contributed by atoms with Gasteiger partial charge in [-0.2, -0.15) is 0 Å². The number of Topliss-reactive ketones (excluding diaryl/α,β-unsaturated/α-hetero) is 1. The predicted molar refractivity (Wildman–Crippen MR) is 61.3 cm³/mol. The van der Waals surface area contributed by atoms with Gasteiger partial charge in [-0.05, 0) is 25.2 Å². The minimum Gasteiger partial charge on any atom is -0.480 e. The zero-order chi connectivity index (χ0) is 12.3. The molecular formula is C10H9Cl2NO3. The van der Waals surface area contributed by atoms with Crippen molar-refractivity contribution in [3.05, 3.63) is 33.8 Å². The topological polar surface area (TPSA) is 66.4 Å². The van der Waals surface area contributed by atoms with Gasteiger partial charge in [0.25, 0.3) is 0 Å². The van der Waals surface area contributed by atoms with Gasteiger partial charge in [0.05, 0.1) is 5.02 Å². The lowest BCUT2D eigenvalue weighted by molar-refractivity contribution is -0.137. The van der Waals surface area contributed by atoms with Crippen LogP contribution in [0.3, 0.4) is 0 Å². The van der Waals surface area contributed by atoms with Crippen LogP contribution in [0.15, 0.2) is 18.2 Å². The number of hydrogen-bond donors (Lipinski definition) is 2. The predicted octanol–water partition coefficient (Wildman–Crippen LogP) is 1.85. The molecule has 0 fully saturated rings. The molecule has 0 saturated heterocycles. The molecule has 1 aromatic rings. The Hall–Kier alpha value is -1.10. The molecule has 6 heteroatoms. The first-order chi connectivity index (χ1) is 7.47. The molecule has 2 N–H and O–H groups in total. The van der Waals surface area contributed by atoms with Crippen LogP contribution in [0.5, 0.6) is 0 Å². The summed E-state index contributed by atoms with van der Waals surface area (Å²) in [6.07, 6.45) is 0. The van der Waals surface area contributed by atoms with Crippen LogP contribution >= 0.6 is 23.2 Å². The van der Waals surface area contributed by atoms with E-state index in [2.05, 4.69) is 5.32 Å². The van der Waals surface area contributed by atoms with Gasteiger partial charge in [0, 0.05) is 10.6 Å². The molecule has 1 rings (SSSR count). The summed E-state index contributed by atoms with van der Waals surface area (Å²) in [6, 6.07) is 2.97. The average molecular weight is 262 g/mol. The molecule has 4 nitrogen and oxygen atoms in total. The van der Waals surface area contributed by atoms with E-state index in [0.29, 0.717) is 5.02 Å². The van der Waals surface area contributed by atoms with Gasteiger partial charge in [0.2, 0.25) is 0 Å². The fraction of sp³-hybridized carbons (Fsp3) is 0.200. The number of nitrogens with one attached hydrogen (secondary N) is 1. The van der Waals surface area contributed by atoms with Crippen molar-refractivity contribution in [3.8, 4) is 0 Å². The van der Waals surface area contributed by atoms with E-state index in [4.69, 9.17) is 28.3 Å². The molecule has 0 aromatic heterocycles. The number of benzene rings is 1. The third kappa shape index (κ3) is 2.72. The Labute approximate surface area is 102 Å². The Kier molecular flexibility index (Phi) is 4.29. The summed E-state index contributed by atoms with van der Waals surface area (Å²) in [7, 11) is 1.39. The number of halogens is 2. The smallest absolute Gasteiger partial charge is 0.328 e. The van der Waals surface area contributed by atoms with Crippen LogP contribution in [0.4, 0.5) is 0 Å². The van der Waals surface area contributed by atoms with Crippen molar-refractivity contribution in [3.63, 3.8) is 0 Å². The number of carboxylic acids is 1. The van der Waals surface area contributed by atoms with E-state index in [1.807, 2.05) is 0 Å². The van der Waals surface area contributed by atoms with Gasteiger partial charge < -0.3 is 10.4 Å². The number of carbonyl (C=O) groups is 2. The highest BCUT2D eigenvalue weighted by Crippen LogP contribution is 2.22. The molecule has 1 atom stereocenters. The maximum Gasteiger partial charge on any atom is 0.328 e. The molecule has 0 radical (unpaired) electrons. The largest absolute Gasteiger partial charge is 0.480 e. The summed E-state index contributed by atoms with van der Waals surface area (Å²) in [5.41, 5.74) is 0.132. The lowest BCUT2D eigenvalue weighted by atomic mass is 10.0. The molecule has 0 bridgehead atoms. The molecule has 1 unspecified atom stereocenters. The minimum absolute atomic E-state index is 0.132. The fourth-order valence-electron chi connectivity index (χ4n) is 1.21. The van der Waals surface area contributed by atoms with Gasteiger partial charge in [0.1, 0.15) is 0 Å². The maximum atomic E-state index is 11.8. The second-order valence-electron chi connectivity index (χ2n) is 3.05. The Bertz CT molecular complexity index is 434. The summed E-state index contributed by atoms with van der Waals surface area (Å²) in [5.74, 6) is -1.85. The molecule has 0 aliphatic carbocycles. The lowest BCUT2D eigenvalue weighted by Crippen LogP contribution is -2.41. The number of hydrogen-bond acceptors (Lipinski definition) is 3. The summed E-state index contributed by atoms with van der Waals surface area (Å²) in [4.78, 5) is 22.5. The second kappa shape index (κ2) is 5.30. The van der Waals surface area contributed by atoms with Crippen LogP contribution in [-0.4, -0.2) is 29.9 Å². The Balaban J connectivity index is 3.09. The second-order valence-corrected chi connectivity index (χ2v) is 3.89. The number of ketones is 1. The average Bonchev–Trinajstić information content (AvgIpc) is 2.17. The Morgan fingerprint density at radius 3 is 2.44 bits per heavy atom. The molecule has 1 aromatic carbocycles. The SMILES string of the molecule is CNC(C(=O)O)C(=O)c1ccc(Cl)cc1Cl. The molecule has 0 saturated carbocycles. The van der Waals surface area contributed by atoms with Crippen LogP contribution in [-0.2, 0) is 4.79 Å². The molecule has 16 heavy (non-hydrogen) atoms. The van der Waals surface area contributed by atoms with E-state index >= 15 is 0 Å². The van der Waals surface area contributed by atoms with E-state index in [-0.39, 0.29) is 10.6 Å². The first-order valence-electron chi connectivity index (χ1n) is 4.36. The summed E-state index contributed by atoms with van der Waals surface area (Å²) < 4.78 is 0. The zero-order valence-electron chi connectivity index (χ0n) is 8.33. The van der Waals surface area contributed by atoms with E-state index in [1.165, 1.54) is 25.2 Å². The highest BCUT2D eigenvalue weighted by molar-refractivity contribution is 6.37. The van der Waals surface area contributed by atoms with Crippen molar-refractivity contribution in [2.24, 2.45) is 0 Å². The molecule has 0 aliphatic heterocycles. The molecule has 0 heterocycles. The van der Waals surface area contributed by atoms with Gasteiger partial charge in [0.15, 0.2) is 11.8 Å². The fourth-order valence-corrected chi connectivity index (χ4v) is 1.71. The highest BCUT2D eigenvalue weighted by atomic mass is 35.5. The third-order valence-corrected chi connectivity index (χ3v) is 2.54. The van der Waals surface area contributed by atoms with Crippen molar-refractivity contribution < 1.29 is 14.7 Å². The molecule has 86 valence electrons. The molecule has 0 spiro atoms. The standard InChI is InChI=1S/C10H9Cl2NO3/c1-13-8(10(15)16)9(14)6-3-2-5(11)4-7(6)12/h2-4,8,13H,1H3,(H,15,16). The van der Waals surface area contributed by atoms with Gasteiger partial charge in [-0.25, -0.2) is 0 Å². The quantitative estimate of drug-likeness (QED) is 0.642. The Morgan fingerprint density at radius 2 is 2.00 bits per heavy atom. The van der Waals surface area contributed by atoms with Crippen molar-refractivity contribution in [1.82, 2.24) is 5.32 Å². The van der Waals surface area contributed by atoms with E-state index < -0.39 is 17.8 Å². The number of carboxylic acid groups (broad SMARTS) is 1. The van der Waals surface area contributed by atoms with Gasteiger partial charge in [-0.1, -0.05) is 23.2 Å². The van der Waals surface area contributed by atoms with Crippen molar-refractivity contribution in [2.75, 3.05) is 7.05 Å². The molecule has 0 aliphatic rings. The number of rotatable bonds is 4. The van der Waals surface area contributed by atoms with Gasteiger partial charge >= 0.3 is 5.97 Å². The molecule has 0 amide bonds. The monoisotopic (exact) mass is 261 g/mol. The maximum absolute atomic E-state index is 11.8. The first kappa shape index (κ1) is 13.0. The van der Waals surface area contributed by atoms with Crippen LogP contribution < -0.4 is 5.32 Å². The summed E-state index contributed by atoms with van der Waals surface area (Å²) in [6.45, 7) is 0.